The molecule has 1 aromatic carbocycles. The van der Waals surface area contributed by atoms with E-state index in [1.165, 1.54) is 0 Å². The quantitative estimate of drug-likeness (QED) is 0.843. The van der Waals surface area contributed by atoms with Gasteiger partial charge in [-0.25, -0.2) is 9.97 Å². The van der Waals surface area contributed by atoms with E-state index in [4.69, 9.17) is 23.2 Å². The SMILES string of the molecule is CC(C)c1nc(Cl)cc(NCc2ccccc2Cl)n1. The van der Waals surface area contributed by atoms with Crippen molar-refractivity contribution in [2.75, 3.05) is 5.32 Å². The summed E-state index contributed by atoms with van der Waals surface area (Å²) in [5.74, 6) is 1.68. The van der Waals surface area contributed by atoms with Gasteiger partial charge < -0.3 is 5.32 Å². The lowest BCUT2D eigenvalue weighted by molar-refractivity contribution is 0.774. The number of nitrogens with zero attached hydrogens (tertiary/aromatic N) is 2. The number of benzene rings is 1. The van der Waals surface area contributed by atoms with Crippen LogP contribution < -0.4 is 5.32 Å². The Balaban J connectivity index is 2.14. The monoisotopic (exact) mass is 295 g/mol. The van der Waals surface area contributed by atoms with Crippen LogP contribution in [0.5, 0.6) is 0 Å². The lowest BCUT2D eigenvalue weighted by Crippen LogP contribution is -2.06. The van der Waals surface area contributed by atoms with Gasteiger partial charge in [-0.1, -0.05) is 55.2 Å². The Morgan fingerprint density at radius 2 is 1.89 bits per heavy atom. The van der Waals surface area contributed by atoms with E-state index >= 15 is 0 Å². The van der Waals surface area contributed by atoms with E-state index in [9.17, 15) is 0 Å². The highest BCUT2D eigenvalue weighted by molar-refractivity contribution is 6.31. The smallest absolute Gasteiger partial charge is 0.135 e. The number of halogens is 2. The van der Waals surface area contributed by atoms with Gasteiger partial charge in [-0.2, -0.15) is 0 Å². The second kappa shape index (κ2) is 6.22. The highest BCUT2D eigenvalue weighted by Gasteiger charge is 2.07. The van der Waals surface area contributed by atoms with Crippen molar-refractivity contribution in [3.8, 4) is 0 Å². The fraction of sp³-hybridized carbons (Fsp3) is 0.286. The fourth-order valence-electron chi connectivity index (χ4n) is 1.61. The molecule has 5 heteroatoms. The van der Waals surface area contributed by atoms with Crippen LogP contribution in [0.15, 0.2) is 30.3 Å². The topological polar surface area (TPSA) is 37.8 Å². The molecule has 19 heavy (non-hydrogen) atoms. The highest BCUT2D eigenvalue weighted by Crippen LogP contribution is 2.19. The molecule has 0 aliphatic heterocycles. The third-order valence-corrected chi connectivity index (χ3v) is 3.21. The molecule has 2 aromatic rings. The molecule has 0 saturated carbocycles. The van der Waals surface area contributed by atoms with Gasteiger partial charge in [-0.05, 0) is 11.6 Å². The summed E-state index contributed by atoms with van der Waals surface area (Å²) < 4.78 is 0. The number of hydrogen-bond acceptors (Lipinski definition) is 3. The summed E-state index contributed by atoms with van der Waals surface area (Å²) >= 11 is 12.1. The summed E-state index contributed by atoms with van der Waals surface area (Å²) in [6.45, 7) is 4.66. The number of nitrogens with one attached hydrogen (secondary N) is 1. The van der Waals surface area contributed by atoms with E-state index in [1.807, 2.05) is 38.1 Å². The van der Waals surface area contributed by atoms with Crippen LogP contribution in [0, 0.1) is 0 Å². The normalized spacial score (nSPS) is 10.8. The van der Waals surface area contributed by atoms with Gasteiger partial charge in [0.05, 0.1) is 0 Å². The third-order valence-electron chi connectivity index (χ3n) is 2.65. The second-order valence-corrected chi connectivity index (χ2v) is 5.33. The number of rotatable bonds is 4. The molecule has 0 aliphatic rings. The van der Waals surface area contributed by atoms with Crippen molar-refractivity contribution < 1.29 is 0 Å². The van der Waals surface area contributed by atoms with E-state index in [0.29, 0.717) is 17.5 Å². The summed E-state index contributed by atoms with van der Waals surface area (Å²) in [5, 5.41) is 4.40. The molecule has 0 saturated heterocycles. The van der Waals surface area contributed by atoms with Crippen LogP contribution in [0.25, 0.3) is 0 Å². The molecule has 0 amide bonds. The largest absolute Gasteiger partial charge is 0.366 e. The maximum absolute atomic E-state index is 6.10. The fourth-order valence-corrected chi connectivity index (χ4v) is 2.00. The minimum absolute atomic E-state index is 0.236. The van der Waals surface area contributed by atoms with Gasteiger partial charge >= 0.3 is 0 Å². The zero-order chi connectivity index (χ0) is 13.8. The molecule has 0 radical (unpaired) electrons. The molecule has 1 aromatic heterocycles. The summed E-state index contributed by atoms with van der Waals surface area (Å²) in [7, 11) is 0. The van der Waals surface area contributed by atoms with Gasteiger partial charge in [-0.3, -0.25) is 0 Å². The number of hydrogen-bond donors (Lipinski definition) is 1. The van der Waals surface area contributed by atoms with Crippen molar-refractivity contribution in [2.45, 2.75) is 26.3 Å². The van der Waals surface area contributed by atoms with Gasteiger partial charge in [0.2, 0.25) is 0 Å². The Bertz CT molecular complexity index is 570. The Kier molecular flexibility index (Phi) is 4.61. The van der Waals surface area contributed by atoms with E-state index in [0.717, 1.165) is 16.4 Å². The Labute approximate surface area is 123 Å². The van der Waals surface area contributed by atoms with Gasteiger partial charge in [-0.15, -0.1) is 0 Å². The van der Waals surface area contributed by atoms with E-state index in [-0.39, 0.29) is 5.92 Å². The van der Waals surface area contributed by atoms with Gasteiger partial charge in [0, 0.05) is 23.6 Å². The molecule has 0 atom stereocenters. The van der Waals surface area contributed by atoms with Crippen LogP contribution in [0.1, 0.15) is 31.2 Å². The summed E-state index contributed by atoms with van der Waals surface area (Å²) in [5.41, 5.74) is 1.02. The number of anilines is 1. The van der Waals surface area contributed by atoms with Gasteiger partial charge in [0.1, 0.15) is 16.8 Å². The first kappa shape index (κ1) is 14.1. The molecular formula is C14H15Cl2N3. The Morgan fingerprint density at radius 1 is 1.16 bits per heavy atom. The Hall–Kier alpha value is -1.32. The first-order valence-corrected chi connectivity index (χ1v) is 6.83. The molecule has 3 nitrogen and oxygen atoms in total. The van der Waals surface area contributed by atoms with Crippen molar-refractivity contribution in [3.63, 3.8) is 0 Å². The van der Waals surface area contributed by atoms with Crippen molar-refractivity contribution in [3.05, 3.63) is 51.9 Å². The Morgan fingerprint density at radius 3 is 2.58 bits per heavy atom. The summed E-state index contributed by atoms with van der Waals surface area (Å²) in [6.07, 6.45) is 0. The van der Waals surface area contributed by atoms with Crippen LogP contribution >= 0.6 is 23.2 Å². The molecule has 100 valence electrons. The highest BCUT2D eigenvalue weighted by atomic mass is 35.5. The van der Waals surface area contributed by atoms with E-state index in [2.05, 4.69) is 15.3 Å². The lowest BCUT2D eigenvalue weighted by Gasteiger charge is -2.10. The molecule has 0 fully saturated rings. The summed E-state index contributed by atoms with van der Waals surface area (Å²) in [6, 6.07) is 9.41. The molecule has 2 rings (SSSR count). The average molecular weight is 296 g/mol. The minimum atomic E-state index is 0.236. The molecule has 0 aliphatic carbocycles. The average Bonchev–Trinajstić information content (AvgIpc) is 2.37. The van der Waals surface area contributed by atoms with Crippen LogP contribution in [0.4, 0.5) is 5.82 Å². The van der Waals surface area contributed by atoms with Crippen LogP contribution in [-0.4, -0.2) is 9.97 Å². The molecular weight excluding hydrogens is 281 g/mol. The molecule has 1 heterocycles. The predicted molar refractivity (Wildman–Crippen MR) is 79.9 cm³/mol. The van der Waals surface area contributed by atoms with Crippen molar-refractivity contribution >= 4 is 29.0 Å². The van der Waals surface area contributed by atoms with Gasteiger partial charge in [0.15, 0.2) is 0 Å². The standard InChI is InChI=1S/C14H15Cl2N3/c1-9(2)14-18-12(16)7-13(19-14)17-8-10-5-3-4-6-11(10)15/h3-7,9H,8H2,1-2H3,(H,17,18,19). The maximum Gasteiger partial charge on any atom is 0.135 e. The van der Waals surface area contributed by atoms with Crippen molar-refractivity contribution in [1.82, 2.24) is 9.97 Å². The van der Waals surface area contributed by atoms with Crippen LogP contribution in [0.3, 0.4) is 0 Å². The van der Waals surface area contributed by atoms with E-state index in [1.54, 1.807) is 6.07 Å². The van der Waals surface area contributed by atoms with Crippen LogP contribution in [-0.2, 0) is 6.54 Å². The minimum Gasteiger partial charge on any atom is -0.366 e. The van der Waals surface area contributed by atoms with Gasteiger partial charge in [0.25, 0.3) is 0 Å². The van der Waals surface area contributed by atoms with Crippen LogP contribution in [0.2, 0.25) is 10.2 Å². The molecule has 0 unspecified atom stereocenters. The zero-order valence-electron chi connectivity index (χ0n) is 10.8. The maximum atomic E-state index is 6.10. The first-order chi connectivity index (χ1) is 9.06. The van der Waals surface area contributed by atoms with E-state index < -0.39 is 0 Å². The third kappa shape index (κ3) is 3.82. The van der Waals surface area contributed by atoms with Crippen molar-refractivity contribution in [2.24, 2.45) is 0 Å². The zero-order valence-corrected chi connectivity index (χ0v) is 12.3. The summed E-state index contributed by atoms with van der Waals surface area (Å²) in [4.78, 5) is 8.62. The number of aromatic nitrogens is 2. The molecule has 0 bridgehead atoms. The van der Waals surface area contributed by atoms with Crippen molar-refractivity contribution in [1.29, 1.82) is 0 Å². The lowest BCUT2D eigenvalue weighted by atomic mass is 10.2. The second-order valence-electron chi connectivity index (χ2n) is 4.53. The predicted octanol–water partition coefficient (Wildman–Crippen LogP) is 4.52. The molecule has 0 spiro atoms. The first-order valence-electron chi connectivity index (χ1n) is 6.08. The molecule has 1 N–H and O–H groups in total.